The molecule has 174 valence electrons. The molecule has 0 bridgehead atoms. The van der Waals surface area contributed by atoms with Crippen molar-refractivity contribution in [3.05, 3.63) is 133 Å². The van der Waals surface area contributed by atoms with Gasteiger partial charge in [0.1, 0.15) is 0 Å². The van der Waals surface area contributed by atoms with Gasteiger partial charge in [-0.15, -0.1) is 0 Å². The summed E-state index contributed by atoms with van der Waals surface area (Å²) < 4.78 is 17.5. The zero-order chi connectivity index (χ0) is 24.6. The van der Waals surface area contributed by atoms with E-state index in [0.29, 0.717) is 0 Å². The second-order valence-corrected chi connectivity index (χ2v) is 12.4. The van der Waals surface area contributed by atoms with Crippen LogP contribution in [-0.2, 0) is 4.57 Å². The van der Waals surface area contributed by atoms with Gasteiger partial charge in [0.25, 0.3) is 0 Å². The second-order valence-electron chi connectivity index (χ2n) is 9.70. The summed E-state index contributed by atoms with van der Waals surface area (Å²) in [5, 5.41) is 7.56. The van der Waals surface area contributed by atoms with Crippen LogP contribution in [0.4, 0.5) is 0 Å². The lowest BCUT2D eigenvalue weighted by atomic mass is 10.0. The van der Waals surface area contributed by atoms with E-state index in [1.807, 2.05) is 54.6 Å². The van der Waals surface area contributed by atoms with Crippen LogP contribution in [0.5, 0.6) is 0 Å². The van der Waals surface area contributed by atoms with Gasteiger partial charge in [-0.3, -0.25) is 0 Å². The van der Waals surface area contributed by atoms with Crippen LogP contribution in [0.3, 0.4) is 0 Å². The van der Waals surface area contributed by atoms with E-state index in [4.69, 9.17) is 0 Å². The van der Waals surface area contributed by atoms with Gasteiger partial charge in [-0.05, 0) is 40.8 Å². The van der Waals surface area contributed by atoms with Gasteiger partial charge in [-0.25, -0.2) is 0 Å². The highest BCUT2D eigenvalue weighted by Gasteiger charge is 2.40. The first-order chi connectivity index (χ1) is 18.2. The zero-order valence-corrected chi connectivity index (χ0v) is 20.9. The standard InChI is InChI=1S/C34H22NOP/c36-37(25-14-5-2-6-15-25)32-18-10-9-17-27(32)30-21-29-28-20-19-23-11-7-8-16-26(23)34(28)35(31(29)22-33(30)37)24-12-3-1-4-13-24/h1-22H/t37-/m0/s1. The predicted molar refractivity (Wildman–Crippen MR) is 157 cm³/mol. The van der Waals surface area contributed by atoms with E-state index in [0.717, 1.165) is 38.2 Å². The molecule has 0 N–H and O–H groups in total. The van der Waals surface area contributed by atoms with Crippen molar-refractivity contribution in [1.82, 2.24) is 4.57 Å². The predicted octanol–water partition coefficient (Wildman–Crippen LogP) is 7.56. The van der Waals surface area contributed by atoms with Crippen LogP contribution in [0.1, 0.15) is 0 Å². The Morgan fingerprint density at radius 2 is 1.22 bits per heavy atom. The maximum Gasteiger partial charge on any atom is 0.172 e. The Kier molecular flexibility index (Phi) is 4.24. The number of aromatic nitrogens is 1. The Balaban J connectivity index is 1.58. The summed E-state index contributed by atoms with van der Waals surface area (Å²) in [7, 11) is -3.02. The van der Waals surface area contributed by atoms with Crippen LogP contribution in [0, 0.1) is 0 Å². The van der Waals surface area contributed by atoms with E-state index in [1.165, 1.54) is 27.1 Å². The third kappa shape index (κ3) is 2.74. The van der Waals surface area contributed by atoms with E-state index < -0.39 is 7.14 Å². The van der Waals surface area contributed by atoms with E-state index in [-0.39, 0.29) is 0 Å². The fourth-order valence-electron chi connectivity index (χ4n) is 6.16. The molecule has 0 aliphatic carbocycles. The summed E-state index contributed by atoms with van der Waals surface area (Å²) in [6.07, 6.45) is 0. The molecule has 0 spiro atoms. The van der Waals surface area contributed by atoms with Gasteiger partial charge >= 0.3 is 0 Å². The number of rotatable bonds is 2. The Morgan fingerprint density at radius 1 is 0.514 bits per heavy atom. The molecule has 0 saturated carbocycles. The SMILES string of the molecule is O=[P@@]1(c2ccccc2)c2ccccc2-c2cc3c4ccc5ccccc5c4n(-c4ccccc4)c3cc21. The second kappa shape index (κ2) is 7.56. The molecule has 0 saturated heterocycles. The van der Waals surface area contributed by atoms with Gasteiger partial charge in [-0.2, -0.15) is 0 Å². The summed E-state index contributed by atoms with van der Waals surface area (Å²) in [4.78, 5) is 0. The van der Waals surface area contributed by atoms with Crippen molar-refractivity contribution in [2.45, 2.75) is 0 Å². The normalized spacial score (nSPS) is 16.3. The fourth-order valence-corrected chi connectivity index (χ4v) is 9.22. The number of hydrogen-bond acceptors (Lipinski definition) is 1. The van der Waals surface area contributed by atoms with Crippen molar-refractivity contribution < 1.29 is 4.57 Å². The van der Waals surface area contributed by atoms with E-state index in [2.05, 4.69) is 83.4 Å². The molecule has 2 nitrogen and oxygen atoms in total. The Morgan fingerprint density at radius 3 is 2.05 bits per heavy atom. The average molecular weight is 492 g/mol. The maximum absolute atomic E-state index is 15.2. The van der Waals surface area contributed by atoms with Crippen LogP contribution >= 0.6 is 7.14 Å². The number of fused-ring (bicyclic) bond motifs is 8. The lowest BCUT2D eigenvalue weighted by Crippen LogP contribution is -2.20. The van der Waals surface area contributed by atoms with E-state index in [1.54, 1.807) is 0 Å². The van der Waals surface area contributed by atoms with E-state index in [9.17, 15) is 0 Å². The number of benzene rings is 6. The molecule has 1 aliphatic heterocycles. The first-order valence-corrected chi connectivity index (χ1v) is 14.3. The number of hydrogen-bond donors (Lipinski definition) is 0. The molecule has 8 rings (SSSR count). The first-order valence-electron chi connectivity index (χ1n) is 12.6. The van der Waals surface area contributed by atoms with Crippen LogP contribution in [0.15, 0.2) is 133 Å². The Bertz CT molecular complexity index is 2060. The lowest BCUT2D eigenvalue weighted by Gasteiger charge is -2.16. The third-order valence-corrected chi connectivity index (χ3v) is 10.9. The maximum atomic E-state index is 15.2. The Labute approximate surface area is 214 Å². The zero-order valence-electron chi connectivity index (χ0n) is 20.0. The smallest absolute Gasteiger partial charge is 0.172 e. The molecule has 2 heterocycles. The third-order valence-electron chi connectivity index (χ3n) is 7.78. The lowest BCUT2D eigenvalue weighted by molar-refractivity contribution is 0.593. The summed E-state index contributed by atoms with van der Waals surface area (Å²) >= 11 is 0. The van der Waals surface area contributed by atoms with Crippen molar-refractivity contribution in [3.63, 3.8) is 0 Å². The van der Waals surface area contributed by atoms with Gasteiger partial charge in [0, 0.05) is 37.8 Å². The minimum absolute atomic E-state index is 0.883. The Hall–Kier alpha value is -4.39. The summed E-state index contributed by atoms with van der Waals surface area (Å²) in [6.45, 7) is 0. The molecule has 1 aromatic heterocycles. The molecular weight excluding hydrogens is 469 g/mol. The van der Waals surface area contributed by atoms with Gasteiger partial charge in [0.15, 0.2) is 7.14 Å². The minimum atomic E-state index is -3.02. The molecule has 3 heteroatoms. The monoisotopic (exact) mass is 491 g/mol. The van der Waals surface area contributed by atoms with Gasteiger partial charge < -0.3 is 9.13 Å². The number of nitrogens with zero attached hydrogens (tertiary/aromatic N) is 1. The van der Waals surface area contributed by atoms with Crippen LogP contribution in [0.2, 0.25) is 0 Å². The summed E-state index contributed by atoms with van der Waals surface area (Å²) in [5.74, 6) is 0. The highest BCUT2D eigenvalue weighted by atomic mass is 31.2. The van der Waals surface area contributed by atoms with Crippen molar-refractivity contribution in [3.8, 4) is 16.8 Å². The van der Waals surface area contributed by atoms with Crippen LogP contribution < -0.4 is 15.9 Å². The molecule has 0 fully saturated rings. The topological polar surface area (TPSA) is 22.0 Å². The molecule has 7 aromatic rings. The van der Waals surface area contributed by atoms with Gasteiger partial charge in [-0.1, -0.05) is 109 Å². The van der Waals surface area contributed by atoms with Crippen LogP contribution in [-0.4, -0.2) is 4.57 Å². The summed E-state index contributed by atoms with van der Waals surface area (Å²) in [5.41, 5.74) is 5.53. The highest BCUT2D eigenvalue weighted by Crippen LogP contribution is 2.53. The van der Waals surface area contributed by atoms with Crippen molar-refractivity contribution in [1.29, 1.82) is 0 Å². The van der Waals surface area contributed by atoms with Crippen molar-refractivity contribution in [2.24, 2.45) is 0 Å². The van der Waals surface area contributed by atoms with Gasteiger partial charge in [0.2, 0.25) is 0 Å². The van der Waals surface area contributed by atoms with Crippen LogP contribution in [0.25, 0.3) is 49.4 Å². The average Bonchev–Trinajstić information content (AvgIpc) is 3.43. The molecule has 6 aromatic carbocycles. The molecule has 1 aliphatic rings. The van der Waals surface area contributed by atoms with Gasteiger partial charge in [0.05, 0.1) is 11.0 Å². The minimum Gasteiger partial charge on any atom is -0.309 e. The summed E-state index contributed by atoms with van der Waals surface area (Å²) in [6, 6.07) is 46.2. The molecule has 37 heavy (non-hydrogen) atoms. The van der Waals surface area contributed by atoms with Crippen molar-refractivity contribution in [2.75, 3.05) is 0 Å². The largest absolute Gasteiger partial charge is 0.309 e. The molecule has 0 unspecified atom stereocenters. The molecular formula is C34H22NOP. The molecule has 1 atom stereocenters. The van der Waals surface area contributed by atoms with Crippen molar-refractivity contribution >= 4 is 55.6 Å². The van der Waals surface area contributed by atoms with E-state index >= 15 is 4.57 Å². The quantitative estimate of drug-likeness (QED) is 0.229. The first kappa shape index (κ1) is 20.8. The fraction of sp³-hybridized carbons (Fsp3) is 0. The number of para-hydroxylation sites is 1. The highest BCUT2D eigenvalue weighted by molar-refractivity contribution is 7.86. The molecule has 0 radical (unpaired) electrons. The molecule has 0 amide bonds.